The number of methoxy groups -OCH3 is 1. The van der Waals surface area contributed by atoms with Crippen molar-refractivity contribution in [2.45, 2.75) is 12.1 Å². The lowest BCUT2D eigenvalue weighted by atomic mass is 9.94. The van der Waals surface area contributed by atoms with Crippen molar-refractivity contribution < 1.29 is 28.6 Å². The number of nitrogens with one attached hydrogen (secondary N) is 1. The second-order valence-electron chi connectivity index (χ2n) is 7.29. The maximum atomic E-state index is 13.7. The number of esters is 1. The largest absolute Gasteiger partial charge is 0.480 e. The number of carbonyl (C=O) groups is 2. The number of carbonyl (C=O) groups excluding carboxylic acids is 1. The number of hydrogen-bond donors (Lipinski definition) is 2. The molecular formula is C21H20ClFN4O5S. The molecule has 1 saturated heterocycles. The number of nitrogens with zero attached hydrogens (tertiary/aromatic N) is 3. The van der Waals surface area contributed by atoms with Crippen LogP contribution in [-0.4, -0.2) is 72.2 Å². The third-order valence-corrected chi connectivity index (χ3v) is 6.43. The maximum absolute atomic E-state index is 13.7. The normalized spacial score (nSPS) is 21.4. The number of ether oxygens (including phenoxy) is 2. The zero-order valence-corrected chi connectivity index (χ0v) is 19.0. The van der Waals surface area contributed by atoms with E-state index in [4.69, 9.17) is 21.1 Å². The zero-order chi connectivity index (χ0) is 23.5. The van der Waals surface area contributed by atoms with Crippen molar-refractivity contribution in [3.63, 3.8) is 0 Å². The summed E-state index contributed by atoms with van der Waals surface area (Å²) in [5.74, 6) is -1.83. The SMILES string of the molecule is COC(=O)C1=C(CN2CCOCC2C(=O)O)N=C(c2nccs2)N[C@H]1c1ccc(F)cc1Cl. The monoisotopic (exact) mass is 494 g/mol. The van der Waals surface area contributed by atoms with Gasteiger partial charge in [0.15, 0.2) is 10.8 Å². The number of morpholine rings is 1. The molecule has 0 amide bonds. The quantitative estimate of drug-likeness (QED) is 0.588. The molecule has 2 N–H and O–H groups in total. The number of benzene rings is 1. The first kappa shape index (κ1) is 23.3. The number of aromatic nitrogens is 1. The fourth-order valence-electron chi connectivity index (χ4n) is 3.74. The van der Waals surface area contributed by atoms with Gasteiger partial charge in [-0.2, -0.15) is 0 Å². The second-order valence-corrected chi connectivity index (χ2v) is 8.59. The smallest absolute Gasteiger partial charge is 0.338 e. The Hall–Kier alpha value is -2.86. The number of carboxylic acids is 1. The molecule has 3 heterocycles. The molecule has 1 aromatic carbocycles. The molecule has 0 spiro atoms. The Labute approximate surface area is 197 Å². The number of aliphatic carboxylic acids is 1. The number of aliphatic imine (C=N–C) groups is 1. The van der Waals surface area contributed by atoms with Crippen molar-refractivity contribution in [2.75, 3.05) is 33.4 Å². The first-order chi connectivity index (χ1) is 15.9. The summed E-state index contributed by atoms with van der Waals surface area (Å²) >= 11 is 7.68. The highest BCUT2D eigenvalue weighted by Crippen LogP contribution is 2.35. The van der Waals surface area contributed by atoms with Gasteiger partial charge in [-0.25, -0.2) is 19.2 Å². The van der Waals surface area contributed by atoms with Crippen LogP contribution in [0.3, 0.4) is 0 Å². The molecule has 4 rings (SSSR count). The molecular weight excluding hydrogens is 475 g/mol. The van der Waals surface area contributed by atoms with E-state index in [0.717, 1.165) is 6.07 Å². The van der Waals surface area contributed by atoms with Gasteiger partial charge in [0, 0.05) is 29.7 Å². The van der Waals surface area contributed by atoms with Crippen LogP contribution in [0.4, 0.5) is 4.39 Å². The molecule has 2 aliphatic heterocycles. The molecule has 9 nitrogen and oxygen atoms in total. The summed E-state index contributed by atoms with van der Waals surface area (Å²) in [6.45, 7) is 0.757. The van der Waals surface area contributed by atoms with Crippen LogP contribution in [-0.2, 0) is 19.1 Å². The molecule has 2 aliphatic rings. The minimum atomic E-state index is -1.04. The summed E-state index contributed by atoms with van der Waals surface area (Å²) in [7, 11) is 1.24. The minimum absolute atomic E-state index is 0.0185. The van der Waals surface area contributed by atoms with Gasteiger partial charge in [-0.1, -0.05) is 17.7 Å². The summed E-state index contributed by atoms with van der Waals surface area (Å²) in [6.07, 6.45) is 1.62. The fraction of sp³-hybridized carbons (Fsp3) is 0.333. The van der Waals surface area contributed by atoms with Crippen LogP contribution in [0.2, 0.25) is 5.02 Å². The standard InChI is InChI=1S/C21H20ClFN4O5S/c1-31-21(30)16-14(9-27-5-6-32-10-15(27)20(28)29)25-18(19-24-4-7-33-19)26-17(16)12-3-2-11(23)8-13(12)22/h2-4,7-8,15,17H,5-6,9-10H2,1H3,(H,25,26)(H,28,29)/t15?,17-/m0/s1. The fourth-order valence-corrected chi connectivity index (χ4v) is 4.60. The third kappa shape index (κ3) is 4.91. The van der Waals surface area contributed by atoms with E-state index in [2.05, 4.69) is 15.3 Å². The molecule has 2 atom stereocenters. The number of hydrogen-bond acceptors (Lipinski definition) is 9. The molecule has 1 fully saturated rings. The van der Waals surface area contributed by atoms with E-state index in [1.807, 2.05) is 0 Å². The highest BCUT2D eigenvalue weighted by atomic mass is 35.5. The van der Waals surface area contributed by atoms with Crippen molar-refractivity contribution in [3.8, 4) is 0 Å². The first-order valence-electron chi connectivity index (χ1n) is 9.95. The molecule has 1 aromatic heterocycles. The van der Waals surface area contributed by atoms with E-state index < -0.39 is 29.8 Å². The Morgan fingerprint density at radius 1 is 1.45 bits per heavy atom. The van der Waals surface area contributed by atoms with Crippen molar-refractivity contribution >= 4 is 40.7 Å². The van der Waals surface area contributed by atoms with Crippen LogP contribution < -0.4 is 5.32 Å². The number of amidine groups is 1. The molecule has 0 aliphatic carbocycles. The van der Waals surface area contributed by atoms with Crippen molar-refractivity contribution in [1.82, 2.24) is 15.2 Å². The highest BCUT2D eigenvalue weighted by molar-refractivity contribution is 7.11. The molecule has 0 saturated carbocycles. The summed E-state index contributed by atoms with van der Waals surface area (Å²) in [5.41, 5.74) is 0.906. The Balaban J connectivity index is 1.84. The summed E-state index contributed by atoms with van der Waals surface area (Å²) < 4.78 is 24.1. The van der Waals surface area contributed by atoms with Crippen LogP contribution in [0.5, 0.6) is 0 Å². The van der Waals surface area contributed by atoms with Gasteiger partial charge in [0.05, 0.1) is 37.6 Å². The van der Waals surface area contributed by atoms with Crippen LogP contribution in [0.15, 0.2) is 46.0 Å². The second kappa shape index (κ2) is 9.96. The lowest BCUT2D eigenvalue weighted by Crippen LogP contribution is -2.51. The molecule has 0 radical (unpaired) electrons. The predicted molar refractivity (Wildman–Crippen MR) is 119 cm³/mol. The topological polar surface area (TPSA) is 113 Å². The zero-order valence-electron chi connectivity index (χ0n) is 17.5. The van der Waals surface area contributed by atoms with Gasteiger partial charge in [0.1, 0.15) is 11.9 Å². The van der Waals surface area contributed by atoms with Crippen molar-refractivity contribution in [1.29, 1.82) is 0 Å². The van der Waals surface area contributed by atoms with Crippen molar-refractivity contribution in [2.24, 2.45) is 4.99 Å². The number of thiazole rings is 1. The third-order valence-electron chi connectivity index (χ3n) is 5.32. The number of rotatable bonds is 6. The summed E-state index contributed by atoms with van der Waals surface area (Å²) in [5, 5.41) is 15.2. The Morgan fingerprint density at radius 3 is 2.94 bits per heavy atom. The average molecular weight is 495 g/mol. The van der Waals surface area contributed by atoms with Gasteiger partial charge in [0.25, 0.3) is 0 Å². The van der Waals surface area contributed by atoms with Crippen molar-refractivity contribution in [3.05, 3.63) is 62.5 Å². The van der Waals surface area contributed by atoms with Gasteiger partial charge in [-0.05, 0) is 17.7 Å². The van der Waals surface area contributed by atoms with E-state index in [1.54, 1.807) is 16.5 Å². The predicted octanol–water partition coefficient (Wildman–Crippen LogP) is 2.24. The molecule has 2 aromatic rings. The highest BCUT2D eigenvalue weighted by Gasteiger charge is 2.37. The average Bonchev–Trinajstić information content (AvgIpc) is 3.33. The lowest BCUT2D eigenvalue weighted by molar-refractivity contribution is -0.149. The van der Waals surface area contributed by atoms with Gasteiger partial charge in [-0.3, -0.25) is 9.69 Å². The van der Waals surface area contributed by atoms with Gasteiger partial charge in [-0.15, -0.1) is 11.3 Å². The van der Waals surface area contributed by atoms with Crippen LogP contribution in [0, 0.1) is 5.82 Å². The lowest BCUT2D eigenvalue weighted by Gasteiger charge is -2.35. The molecule has 0 bridgehead atoms. The maximum Gasteiger partial charge on any atom is 0.338 e. The number of halogens is 2. The van der Waals surface area contributed by atoms with Crippen LogP contribution >= 0.6 is 22.9 Å². The Kier molecular flexibility index (Phi) is 7.03. The van der Waals surface area contributed by atoms with E-state index in [9.17, 15) is 19.1 Å². The molecule has 174 valence electrons. The minimum Gasteiger partial charge on any atom is -0.480 e. The van der Waals surface area contributed by atoms with E-state index >= 15 is 0 Å². The van der Waals surface area contributed by atoms with Gasteiger partial charge >= 0.3 is 11.9 Å². The van der Waals surface area contributed by atoms with E-state index in [1.165, 1.54) is 30.6 Å². The van der Waals surface area contributed by atoms with Gasteiger partial charge in [0.2, 0.25) is 0 Å². The number of carboxylic acid groups (broad SMARTS) is 1. The Morgan fingerprint density at radius 2 is 2.27 bits per heavy atom. The summed E-state index contributed by atoms with van der Waals surface area (Å²) in [6, 6.07) is 2.17. The first-order valence-corrected chi connectivity index (χ1v) is 11.2. The van der Waals surface area contributed by atoms with E-state index in [0.29, 0.717) is 35.3 Å². The van der Waals surface area contributed by atoms with E-state index in [-0.39, 0.29) is 23.7 Å². The molecule has 1 unspecified atom stereocenters. The summed E-state index contributed by atoms with van der Waals surface area (Å²) in [4.78, 5) is 35.3. The van der Waals surface area contributed by atoms with Crippen LogP contribution in [0.25, 0.3) is 0 Å². The molecule has 33 heavy (non-hydrogen) atoms. The van der Waals surface area contributed by atoms with Crippen LogP contribution in [0.1, 0.15) is 16.6 Å². The molecule has 12 heteroatoms. The Bertz CT molecular complexity index is 1120. The van der Waals surface area contributed by atoms with Gasteiger partial charge < -0.3 is 19.9 Å².